The molecule has 0 saturated carbocycles. The number of nitrogens with one attached hydrogen (secondary N) is 1. The third-order valence-electron chi connectivity index (χ3n) is 4.92. The number of benzene rings is 1. The number of rotatable bonds is 6. The standard InChI is InChI=1S/C20H24FN3O3/c1-13(2)18(17-9-10-23-27-17)20(26)24-11-3-4-16(24)19(25)22-12-14-5-7-15(21)8-6-14/h5-10,13,16,18H,3-4,11-12H2,1-2H3,(H,22,25). The number of hydrogen-bond donors (Lipinski definition) is 1. The summed E-state index contributed by atoms with van der Waals surface area (Å²) in [5, 5.41) is 6.56. The molecule has 2 heterocycles. The van der Waals surface area contributed by atoms with Crippen LogP contribution in [0.15, 0.2) is 41.1 Å². The summed E-state index contributed by atoms with van der Waals surface area (Å²) in [6, 6.07) is 7.18. The van der Waals surface area contributed by atoms with Crippen molar-refractivity contribution in [2.45, 2.75) is 45.2 Å². The Morgan fingerprint density at radius 2 is 2.04 bits per heavy atom. The van der Waals surface area contributed by atoms with E-state index in [1.165, 1.54) is 18.3 Å². The Hall–Kier alpha value is -2.70. The van der Waals surface area contributed by atoms with Crippen molar-refractivity contribution in [2.24, 2.45) is 5.92 Å². The lowest BCUT2D eigenvalue weighted by molar-refractivity contribution is -0.140. The monoisotopic (exact) mass is 373 g/mol. The third kappa shape index (κ3) is 4.35. The highest BCUT2D eigenvalue weighted by atomic mass is 19.1. The van der Waals surface area contributed by atoms with Gasteiger partial charge in [-0.15, -0.1) is 0 Å². The van der Waals surface area contributed by atoms with Gasteiger partial charge in [0.2, 0.25) is 11.8 Å². The first-order chi connectivity index (χ1) is 13.0. The van der Waals surface area contributed by atoms with Crippen LogP contribution >= 0.6 is 0 Å². The summed E-state index contributed by atoms with van der Waals surface area (Å²) in [5.41, 5.74) is 0.808. The highest BCUT2D eigenvalue weighted by Gasteiger charge is 2.39. The SMILES string of the molecule is CC(C)C(C(=O)N1CCCC1C(=O)NCc1ccc(F)cc1)c1ccno1. The smallest absolute Gasteiger partial charge is 0.243 e. The van der Waals surface area contributed by atoms with E-state index in [-0.39, 0.29) is 23.5 Å². The van der Waals surface area contributed by atoms with E-state index in [4.69, 9.17) is 4.52 Å². The Balaban J connectivity index is 1.67. The predicted molar refractivity (Wildman–Crippen MR) is 97.1 cm³/mol. The second-order valence-electron chi connectivity index (χ2n) is 7.17. The van der Waals surface area contributed by atoms with Gasteiger partial charge in [-0.2, -0.15) is 0 Å². The topological polar surface area (TPSA) is 75.4 Å². The Morgan fingerprint density at radius 1 is 1.30 bits per heavy atom. The first-order valence-electron chi connectivity index (χ1n) is 9.20. The van der Waals surface area contributed by atoms with Crippen molar-refractivity contribution in [3.05, 3.63) is 53.7 Å². The van der Waals surface area contributed by atoms with Crippen LogP contribution in [0.3, 0.4) is 0 Å². The molecule has 2 aromatic rings. The molecule has 1 saturated heterocycles. The molecule has 1 aromatic heterocycles. The summed E-state index contributed by atoms with van der Waals surface area (Å²) in [6.07, 6.45) is 2.93. The molecule has 1 aliphatic rings. The van der Waals surface area contributed by atoms with E-state index >= 15 is 0 Å². The van der Waals surface area contributed by atoms with Gasteiger partial charge in [-0.25, -0.2) is 4.39 Å². The number of amides is 2. The molecule has 2 amide bonds. The highest BCUT2D eigenvalue weighted by Crippen LogP contribution is 2.30. The van der Waals surface area contributed by atoms with Gasteiger partial charge < -0.3 is 14.7 Å². The summed E-state index contributed by atoms with van der Waals surface area (Å²) in [7, 11) is 0. The average molecular weight is 373 g/mol. The Labute approximate surface area is 157 Å². The number of halogens is 1. The van der Waals surface area contributed by atoms with Crippen LogP contribution in [0, 0.1) is 11.7 Å². The van der Waals surface area contributed by atoms with Crippen molar-refractivity contribution in [2.75, 3.05) is 6.54 Å². The van der Waals surface area contributed by atoms with Crippen molar-refractivity contribution in [3.8, 4) is 0 Å². The maximum atomic E-state index is 13.1. The summed E-state index contributed by atoms with van der Waals surface area (Å²) < 4.78 is 18.2. The van der Waals surface area contributed by atoms with Gasteiger partial charge in [0, 0.05) is 19.2 Å². The molecule has 0 aliphatic carbocycles. The van der Waals surface area contributed by atoms with Crippen molar-refractivity contribution in [1.29, 1.82) is 0 Å². The summed E-state index contributed by atoms with van der Waals surface area (Å²) in [6.45, 7) is 4.74. The lowest BCUT2D eigenvalue weighted by Crippen LogP contribution is -2.47. The second kappa shape index (κ2) is 8.33. The Morgan fingerprint density at radius 3 is 2.67 bits per heavy atom. The zero-order valence-electron chi connectivity index (χ0n) is 15.5. The van der Waals surface area contributed by atoms with Gasteiger partial charge in [-0.3, -0.25) is 9.59 Å². The largest absolute Gasteiger partial charge is 0.361 e. The zero-order chi connectivity index (χ0) is 19.4. The van der Waals surface area contributed by atoms with Gasteiger partial charge >= 0.3 is 0 Å². The van der Waals surface area contributed by atoms with E-state index in [1.807, 2.05) is 13.8 Å². The normalized spacial score (nSPS) is 17.9. The molecule has 0 bridgehead atoms. The van der Waals surface area contributed by atoms with Crippen LogP contribution in [0.5, 0.6) is 0 Å². The maximum absolute atomic E-state index is 13.1. The summed E-state index contributed by atoms with van der Waals surface area (Å²) in [5.74, 6) is -0.532. The van der Waals surface area contributed by atoms with Gasteiger partial charge in [-0.1, -0.05) is 31.1 Å². The molecule has 144 valence electrons. The molecule has 0 radical (unpaired) electrons. The van der Waals surface area contributed by atoms with Crippen LogP contribution in [0.4, 0.5) is 4.39 Å². The van der Waals surface area contributed by atoms with Crippen LogP contribution < -0.4 is 5.32 Å². The highest BCUT2D eigenvalue weighted by molar-refractivity contribution is 5.91. The fourth-order valence-corrected chi connectivity index (χ4v) is 3.51. The lowest BCUT2D eigenvalue weighted by Gasteiger charge is -2.28. The second-order valence-corrected chi connectivity index (χ2v) is 7.17. The maximum Gasteiger partial charge on any atom is 0.243 e. The van der Waals surface area contributed by atoms with Crippen molar-refractivity contribution in [3.63, 3.8) is 0 Å². The molecule has 2 atom stereocenters. The van der Waals surface area contributed by atoms with Gasteiger partial charge in [0.15, 0.2) is 0 Å². The predicted octanol–water partition coefficient (Wildman–Crippen LogP) is 2.86. The number of nitrogens with zero attached hydrogens (tertiary/aromatic N) is 2. The van der Waals surface area contributed by atoms with Crippen molar-refractivity contribution >= 4 is 11.8 Å². The number of likely N-dealkylation sites (tertiary alicyclic amines) is 1. The molecule has 1 N–H and O–H groups in total. The molecule has 0 spiro atoms. The van der Waals surface area contributed by atoms with E-state index < -0.39 is 12.0 Å². The van der Waals surface area contributed by atoms with Crippen LogP contribution in [-0.2, 0) is 16.1 Å². The number of aromatic nitrogens is 1. The van der Waals surface area contributed by atoms with Gasteiger partial charge in [0.1, 0.15) is 23.5 Å². The number of carbonyl (C=O) groups is 2. The van der Waals surface area contributed by atoms with Gasteiger partial charge in [-0.05, 0) is 36.5 Å². The minimum atomic E-state index is -0.498. The van der Waals surface area contributed by atoms with Crippen molar-refractivity contribution in [1.82, 2.24) is 15.4 Å². The van der Waals surface area contributed by atoms with Crippen LogP contribution in [0.1, 0.15) is 43.9 Å². The summed E-state index contributed by atoms with van der Waals surface area (Å²) >= 11 is 0. The molecular weight excluding hydrogens is 349 g/mol. The molecule has 1 aromatic carbocycles. The lowest BCUT2D eigenvalue weighted by atomic mass is 9.91. The molecule has 6 nitrogen and oxygen atoms in total. The average Bonchev–Trinajstić information content (AvgIpc) is 3.32. The number of carbonyl (C=O) groups excluding carboxylic acids is 2. The van der Waals surface area contributed by atoms with Crippen LogP contribution in [0.2, 0.25) is 0 Å². The zero-order valence-corrected chi connectivity index (χ0v) is 15.5. The molecule has 1 fully saturated rings. The first-order valence-corrected chi connectivity index (χ1v) is 9.20. The molecular formula is C20H24FN3O3. The first kappa shape index (κ1) is 19.1. The summed E-state index contributed by atoms with van der Waals surface area (Å²) in [4.78, 5) is 27.4. The van der Waals surface area contributed by atoms with E-state index in [0.29, 0.717) is 25.3 Å². The fourth-order valence-electron chi connectivity index (χ4n) is 3.51. The fraction of sp³-hybridized carbons (Fsp3) is 0.450. The molecule has 7 heteroatoms. The minimum absolute atomic E-state index is 0.0222. The van der Waals surface area contributed by atoms with Gasteiger partial charge in [0.25, 0.3) is 0 Å². The van der Waals surface area contributed by atoms with Gasteiger partial charge in [0.05, 0.1) is 6.20 Å². The van der Waals surface area contributed by atoms with Crippen LogP contribution in [-0.4, -0.2) is 34.5 Å². The number of hydrogen-bond acceptors (Lipinski definition) is 4. The molecule has 3 rings (SSSR count). The van der Waals surface area contributed by atoms with E-state index in [0.717, 1.165) is 12.0 Å². The molecule has 2 unspecified atom stereocenters. The Bertz CT molecular complexity index is 774. The van der Waals surface area contributed by atoms with E-state index in [9.17, 15) is 14.0 Å². The quantitative estimate of drug-likeness (QED) is 0.845. The van der Waals surface area contributed by atoms with E-state index in [1.54, 1.807) is 23.1 Å². The van der Waals surface area contributed by atoms with Crippen molar-refractivity contribution < 1.29 is 18.5 Å². The minimum Gasteiger partial charge on any atom is -0.361 e. The van der Waals surface area contributed by atoms with Crippen LogP contribution in [0.25, 0.3) is 0 Å². The molecule has 27 heavy (non-hydrogen) atoms. The molecule has 1 aliphatic heterocycles. The van der Waals surface area contributed by atoms with E-state index in [2.05, 4.69) is 10.5 Å². The third-order valence-corrected chi connectivity index (χ3v) is 4.92. The Kier molecular flexibility index (Phi) is 5.88.